The first-order valence-electron chi connectivity index (χ1n) is 5.74. The van der Waals surface area contributed by atoms with Crippen molar-refractivity contribution in [3.8, 4) is 0 Å². The molecule has 1 rings (SSSR count). The van der Waals surface area contributed by atoms with Crippen LogP contribution in [0.2, 0.25) is 0 Å². The molecule has 0 spiro atoms. The first-order valence-corrected chi connectivity index (χ1v) is 8.02. The van der Waals surface area contributed by atoms with Gasteiger partial charge in [-0.15, -0.1) is 0 Å². The molecule has 0 aromatic heterocycles. The first-order chi connectivity index (χ1) is 8.27. The second kappa shape index (κ2) is 6.14. The number of rotatable bonds is 6. The smallest absolute Gasteiger partial charge is 0.240 e. The van der Waals surface area contributed by atoms with E-state index in [1.54, 1.807) is 19.1 Å². The van der Waals surface area contributed by atoms with E-state index in [9.17, 15) is 13.5 Å². The van der Waals surface area contributed by atoms with Gasteiger partial charge in [0.2, 0.25) is 10.0 Å². The highest BCUT2D eigenvalue weighted by Gasteiger charge is 2.23. The molecule has 0 heterocycles. The lowest BCUT2D eigenvalue weighted by molar-refractivity contribution is 0.0554. The molecule has 0 saturated heterocycles. The second-order valence-electron chi connectivity index (χ2n) is 4.53. The van der Waals surface area contributed by atoms with Crippen molar-refractivity contribution in [2.75, 3.05) is 6.54 Å². The SMILES string of the molecule is CCCC(C)(O)CNS(=O)(=O)c1ccc(Br)cc1. The molecular formula is C12H18BrNO3S. The van der Waals surface area contributed by atoms with Crippen molar-refractivity contribution in [1.29, 1.82) is 0 Å². The number of nitrogens with one attached hydrogen (secondary N) is 1. The van der Waals surface area contributed by atoms with Gasteiger partial charge in [-0.3, -0.25) is 0 Å². The average molecular weight is 336 g/mol. The number of hydrogen-bond acceptors (Lipinski definition) is 3. The lowest BCUT2D eigenvalue weighted by Gasteiger charge is -2.22. The summed E-state index contributed by atoms with van der Waals surface area (Å²) in [7, 11) is -3.56. The molecule has 0 aliphatic rings. The van der Waals surface area contributed by atoms with Crippen LogP contribution in [0, 0.1) is 0 Å². The van der Waals surface area contributed by atoms with Gasteiger partial charge >= 0.3 is 0 Å². The Bertz CT molecular complexity index is 483. The normalized spacial score (nSPS) is 15.3. The second-order valence-corrected chi connectivity index (χ2v) is 7.21. The largest absolute Gasteiger partial charge is 0.389 e. The molecule has 0 saturated carbocycles. The minimum absolute atomic E-state index is 0.0131. The summed E-state index contributed by atoms with van der Waals surface area (Å²) in [5.41, 5.74) is -1.02. The zero-order valence-corrected chi connectivity index (χ0v) is 12.9. The number of halogens is 1. The predicted molar refractivity (Wildman–Crippen MR) is 74.9 cm³/mol. The molecule has 1 unspecified atom stereocenters. The molecule has 18 heavy (non-hydrogen) atoms. The van der Waals surface area contributed by atoms with Gasteiger partial charge in [-0.05, 0) is 37.6 Å². The van der Waals surface area contributed by atoms with Crippen molar-refractivity contribution in [2.45, 2.75) is 37.2 Å². The van der Waals surface area contributed by atoms with Gasteiger partial charge < -0.3 is 5.11 Å². The van der Waals surface area contributed by atoms with Gasteiger partial charge in [0.15, 0.2) is 0 Å². The van der Waals surface area contributed by atoms with Gasteiger partial charge in [-0.1, -0.05) is 29.3 Å². The summed E-state index contributed by atoms with van der Waals surface area (Å²) >= 11 is 3.25. The summed E-state index contributed by atoms with van der Waals surface area (Å²) in [4.78, 5) is 0.193. The minimum atomic E-state index is -3.56. The van der Waals surface area contributed by atoms with Crippen LogP contribution in [0.15, 0.2) is 33.6 Å². The fourth-order valence-electron chi connectivity index (χ4n) is 1.57. The third-order valence-corrected chi connectivity index (χ3v) is 4.50. The Morgan fingerprint density at radius 2 is 1.89 bits per heavy atom. The molecule has 1 atom stereocenters. The van der Waals surface area contributed by atoms with Gasteiger partial charge in [-0.25, -0.2) is 13.1 Å². The van der Waals surface area contributed by atoms with Crippen molar-refractivity contribution >= 4 is 26.0 Å². The maximum Gasteiger partial charge on any atom is 0.240 e. The fourth-order valence-corrected chi connectivity index (χ4v) is 3.00. The Balaban J connectivity index is 2.74. The van der Waals surface area contributed by atoms with Gasteiger partial charge in [0.25, 0.3) is 0 Å². The van der Waals surface area contributed by atoms with Crippen LogP contribution in [0.4, 0.5) is 0 Å². The fraction of sp³-hybridized carbons (Fsp3) is 0.500. The molecule has 1 aromatic carbocycles. The standard InChI is InChI=1S/C12H18BrNO3S/c1-3-8-12(2,15)9-14-18(16,17)11-6-4-10(13)5-7-11/h4-7,14-15H,3,8-9H2,1-2H3. The summed E-state index contributed by atoms with van der Waals surface area (Å²) in [5.74, 6) is 0. The molecule has 2 N–H and O–H groups in total. The van der Waals surface area contributed by atoms with E-state index in [4.69, 9.17) is 0 Å². The Morgan fingerprint density at radius 1 is 1.33 bits per heavy atom. The Morgan fingerprint density at radius 3 is 2.39 bits per heavy atom. The topological polar surface area (TPSA) is 66.4 Å². The summed E-state index contributed by atoms with van der Waals surface area (Å²) < 4.78 is 27.2. The summed E-state index contributed by atoms with van der Waals surface area (Å²) in [5, 5.41) is 9.93. The van der Waals surface area contributed by atoms with Crippen molar-refractivity contribution in [1.82, 2.24) is 4.72 Å². The van der Waals surface area contributed by atoms with Crippen molar-refractivity contribution in [3.05, 3.63) is 28.7 Å². The zero-order valence-electron chi connectivity index (χ0n) is 10.5. The number of sulfonamides is 1. The molecule has 0 radical (unpaired) electrons. The van der Waals surface area contributed by atoms with Gasteiger partial charge in [0, 0.05) is 11.0 Å². The average Bonchev–Trinajstić information content (AvgIpc) is 2.27. The van der Waals surface area contributed by atoms with E-state index >= 15 is 0 Å². The van der Waals surface area contributed by atoms with Gasteiger partial charge in [0.05, 0.1) is 10.5 Å². The summed E-state index contributed by atoms with van der Waals surface area (Å²) in [6, 6.07) is 6.36. The predicted octanol–water partition coefficient (Wildman–Crippen LogP) is 2.28. The maximum atomic E-state index is 12.0. The van der Waals surface area contributed by atoms with E-state index in [0.717, 1.165) is 10.9 Å². The molecule has 0 bridgehead atoms. The van der Waals surface area contributed by atoms with Gasteiger partial charge in [0.1, 0.15) is 0 Å². The molecule has 6 heteroatoms. The summed E-state index contributed by atoms with van der Waals surface area (Å²) in [6.07, 6.45) is 1.35. The van der Waals surface area contributed by atoms with E-state index in [-0.39, 0.29) is 11.4 Å². The number of hydrogen-bond donors (Lipinski definition) is 2. The molecular weight excluding hydrogens is 318 g/mol. The van der Waals surface area contributed by atoms with Crippen LogP contribution in [0.25, 0.3) is 0 Å². The highest BCUT2D eigenvalue weighted by atomic mass is 79.9. The maximum absolute atomic E-state index is 12.0. The van der Waals surface area contributed by atoms with Crippen LogP contribution in [0.1, 0.15) is 26.7 Å². The molecule has 0 aliphatic carbocycles. The zero-order chi connectivity index (χ0) is 13.8. The third kappa shape index (κ3) is 4.68. The monoisotopic (exact) mass is 335 g/mol. The van der Waals surface area contributed by atoms with E-state index in [1.165, 1.54) is 12.1 Å². The van der Waals surface area contributed by atoms with E-state index < -0.39 is 15.6 Å². The minimum Gasteiger partial charge on any atom is -0.389 e. The van der Waals surface area contributed by atoms with Crippen molar-refractivity contribution in [3.63, 3.8) is 0 Å². The van der Waals surface area contributed by atoms with E-state index in [2.05, 4.69) is 20.7 Å². The summed E-state index contributed by atoms with van der Waals surface area (Å²) in [6.45, 7) is 3.58. The lowest BCUT2D eigenvalue weighted by atomic mass is 10.0. The molecule has 102 valence electrons. The van der Waals surface area contributed by atoms with Crippen LogP contribution >= 0.6 is 15.9 Å². The van der Waals surface area contributed by atoms with Crippen molar-refractivity contribution < 1.29 is 13.5 Å². The molecule has 0 fully saturated rings. The van der Waals surface area contributed by atoms with E-state index in [0.29, 0.717) is 6.42 Å². The van der Waals surface area contributed by atoms with Crippen LogP contribution < -0.4 is 4.72 Å². The molecule has 0 amide bonds. The Hall–Kier alpha value is -0.430. The molecule has 1 aromatic rings. The number of aliphatic hydroxyl groups is 1. The van der Waals surface area contributed by atoms with Crippen molar-refractivity contribution in [2.24, 2.45) is 0 Å². The van der Waals surface area contributed by atoms with Gasteiger partial charge in [-0.2, -0.15) is 0 Å². The number of benzene rings is 1. The van der Waals surface area contributed by atoms with Crippen LogP contribution in [0.3, 0.4) is 0 Å². The third-order valence-electron chi connectivity index (χ3n) is 2.56. The Kier molecular flexibility index (Phi) is 5.33. The molecule has 0 aliphatic heterocycles. The van der Waals surface area contributed by atoms with E-state index in [1.807, 2.05) is 6.92 Å². The first kappa shape index (κ1) is 15.6. The lowest BCUT2D eigenvalue weighted by Crippen LogP contribution is -2.40. The van der Waals surface area contributed by atoms with Crippen LogP contribution in [-0.2, 0) is 10.0 Å². The highest BCUT2D eigenvalue weighted by molar-refractivity contribution is 9.10. The van der Waals surface area contributed by atoms with Crippen LogP contribution in [0.5, 0.6) is 0 Å². The quantitative estimate of drug-likeness (QED) is 0.838. The highest BCUT2D eigenvalue weighted by Crippen LogP contribution is 2.16. The molecule has 4 nitrogen and oxygen atoms in total. The van der Waals surface area contributed by atoms with Crippen LogP contribution in [-0.4, -0.2) is 25.7 Å². The Labute approximate surface area is 117 Å².